The van der Waals surface area contributed by atoms with E-state index in [1.165, 1.54) is 12.0 Å². The Kier molecular flexibility index (Phi) is 6.85. The van der Waals surface area contributed by atoms with Crippen molar-refractivity contribution >= 4 is 0 Å². The molecule has 4 heteroatoms. The summed E-state index contributed by atoms with van der Waals surface area (Å²) < 4.78 is 7.23. The van der Waals surface area contributed by atoms with Crippen molar-refractivity contribution in [2.24, 2.45) is 0 Å². The summed E-state index contributed by atoms with van der Waals surface area (Å²) in [5, 5.41) is 7.64. The number of rotatable bonds is 9. The summed E-state index contributed by atoms with van der Waals surface area (Å²) in [5.74, 6) is 0. The molecule has 1 aromatic rings. The second-order valence-electron chi connectivity index (χ2n) is 3.79. The normalized spacial score (nSPS) is 10.9. The van der Waals surface area contributed by atoms with E-state index < -0.39 is 0 Å². The van der Waals surface area contributed by atoms with Gasteiger partial charge in [0.15, 0.2) is 0 Å². The molecule has 0 atom stereocenters. The van der Waals surface area contributed by atoms with Gasteiger partial charge in [-0.25, -0.2) is 0 Å². The van der Waals surface area contributed by atoms with Crippen molar-refractivity contribution < 1.29 is 4.74 Å². The van der Waals surface area contributed by atoms with Crippen molar-refractivity contribution in [3.8, 4) is 0 Å². The summed E-state index contributed by atoms with van der Waals surface area (Å²) in [6.45, 7) is 8.73. The number of nitrogens with zero attached hydrogens (tertiary/aromatic N) is 2. The Morgan fingerprint density at radius 3 is 2.94 bits per heavy atom. The van der Waals surface area contributed by atoms with E-state index in [1.807, 2.05) is 17.8 Å². The second-order valence-corrected chi connectivity index (χ2v) is 3.79. The van der Waals surface area contributed by atoms with Gasteiger partial charge in [0.1, 0.15) is 0 Å². The van der Waals surface area contributed by atoms with Gasteiger partial charge in [-0.2, -0.15) is 5.10 Å². The number of aromatic nitrogens is 2. The first-order chi connectivity index (χ1) is 7.86. The van der Waals surface area contributed by atoms with E-state index in [4.69, 9.17) is 4.74 Å². The van der Waals surface area contributed by atoms with Crippen LogP contribution in [0.15, 0.2) is 12.4 Å². The molecule has 92 valence electrons. The van der Waals surface area contributed by atoms with Gasteiger partial charge in [0.2, 0.25) is 0 Å². The molecular formula is C12H23N3O. The first-order valence-electron chi connectivity index (χ1n) is 6.16. The highest BCUT2D eigenvalue weighted by Gasteiger charge is 1.96. The smallest absolute Gasteiger partial charge is 0.0534 e. The number of ether oxygens (including phenoxy) is 1. The molecule has 1 rings (SSSR count). The van der Waals surface area contributed by atoms with E-state index in [2.05, 4.69) is 23.5 Å². The largest absolute Gasteiger partial charge is 0.382 e. The molecular weight excluding hydrogens is 202 g/mol. The SMILES string of the molecule is CCOCCCCNCc1cnn(CC)c1. The molecule has 4 nitrogen and oxygen atoms in total. The number of hydrogen-bond donors (Lipinski definition) is 1. The van der Waals surface area contributed by atoms with E-state index in [-0.39, 0.29) is 0 Å². The van der Waals surface area contributed by atoms with Crippen LogP contribution in [0, 0.1) is 0 Å². The van der Waals surface area contributed by atoms with E-state index in [0.29, 0.717) is 0 Å². The lowest BCUT2D eigenvalue weighted by atomic mass is 10.3. The maximum Gasteiger partial charge on any atom is 0.0534 e. The molecule has 1 heterocycles. The Hall–Kier alpha value is -0.870. The Morgan fingerprint density at radius 1 is 1.38 bits per heavy atom. The zero-order valence-corrected chi connectivity index (χ0v) is 10.4. The van der Waals surface area contributed by atoms with Gasteiger partial charge in [0.25, 0.3) is 0 Å². The Balaban J connectivity index is 1.98. The zero-order valence-electron chi connectivity index (χ0n) is 10.4. The molecule has 0 aliphatic heterocycles. The molecule has 0 amide bonds. The average Bonchev–Trinajstić information content (AvgIpc) is 2.76. The maximum atomic E-state index is 5.28. The summed E-state index contributed by atoms with van der Waals surface area (Å²) in [5.41, 5.74) is 1.26. The van der Waals surface area contributed by atoms with E-state index >= 15 is 0 Å². The average molecular weight is 225 g/mol. The Bertz CT molecular complexity index is 273. The zero-order chi connectivity index (χ0) is 11.6. The van der Waals surface area contributed by atoms with Crippen LogP contribution in [0.5, 0.6) is 0 Å². The lowest BCUT2D eigenvalue weighted by Gasteiger charge is -2.03. The van der Waals surface area contributed by atoms with E-state index in [0.717, 1.165) is 39.3 Å². The Labute approximate surface area is 98.0 Å². The second kappa shape index (κ2) is 8.30. The molecule has 0 bridgehead atoms. The molecule has 0 saturated carbocycles. The van der Waals surface area contributed by atoms with Crippen LogP contribution in [0.1, 0.15) is 32.3 Å². The number of aryl methyl sites for hydroxylation is 1. The quantitative estimate of drug-likeness (QED) is 0.651. The van der Waals surface area contributed by atoms with Gasteiger partial charge >= 0.3 is 0 Å². The van der Waals surface area contributed by atoms with Crippen molar-refractivity contribution in [2.45, 2.75) is 39.8 Å². The van der Waals surface area contributed by atoms with Crippen LogP contribution in [0.3, 0.4) is 0 Å². The fraction of sp³-hybridized carbons (Fsp3) is 0.750. The summed E-state index contributed by atoms with van der Waals surface area (Å²) in [6, 6.07) is 0. The van der Waals surface area contributed by atoms with Crippen LogP contribution in [0.4, 0.5) is 0 Å². The highest BCUT2D eigenvalue weighted by atomic mass is 16.5. The maximum absolute atomic E-state index is 5.28. The van der Waals surface area contributed by atoms with Crippen molar-refractivity contribution in [3.05, 3.63) is 18.0 Å². The number of nitrogens with one attached hydrogen (secondary N) is 1. The highest BCUT2D eigenvalue weighted by molar-refractivity contribution is 5.02. The van der Waals surface area contributed by atoms with Gasteiger partial charge in [0.05, 0.1) is 6.20 Å². The molecule has 0 spiro atoms. The van der Waals surface area contributed by atoms with Gasteiger partial charge in [-0.05, 0) is 33.2 Å². The van der Waals surface area contributed by atoms with Gasteiger partial charge < -0.3 is 10.1 Å². The van der Waals surface area contributed by atoms with E-state index in [1.54, 1.807) is 0 Å². The van der Waals surface area contributed by atoms with Crippen LogP contribution >= 0.6 is 0 Å². The van der Waals surface area contributed by atoms with Crippen LogP contribution < -0.4 is 5.32 Å². The van der Waals surface area contributed by atoms with Gasteiger partial charge in [-0.15, -0.1) is 0 Å². The van der Waals surface area contributed by atoms with Crippen LogP contribution in [-0.4, -0.2) is 29.5 Å². The van der Waals surface area contributed by atoms with Crippen molar-refractivity contribution in [2.75, 3.05) is 19.8 Å². The van der Waals surface area contributed by atoms with Crippen LogP contribution in [-0.2, 0) is 17.8 Å². The fourth-order valence-corrected chi connectivity index (χ4v) is 1.50. The number of unbranched alkanes of at least 4 members (excludes halogenated alkanes) is 1. The summed E-state index contributed by atoms with van der Waals surface area (Å²) in [4.78, 5) is 0. The minimum absolute atomic E-state index is 0.823. The molecule has 1 aromatic heterocycles. The third-order valence-electron chi connectivity index (χ3n) is 2.44. The summed E-state index contributed by atoms with van der Waals surface area (Å²) in [7, 11) is 0. The molecule has 16 heavy (non-hydrogen) atoms. The monoisotopic (exact) mass is 225 g/mol. The third kappa shape index (κ3) is 5.28. The molecule has 0 aromatic carbocycles. The highest BCUT2D eigenvalue weighted by Crippen LogP contribution is 1.97. The molecule has 0 fully saturated rings. The predicted octanol–water partition coefficient (Wildman–Crippen LogP) is 1.81. The van der Waals surface area contributed by atoms with Gasteiger partial charge in [-0.1, -0.05) is 0 Å². The molecule has 0 unspecified atom stereocenters. The first-order valence-corrected chi connectivity index (χ1v) is 6.16. The number of hydrogen-bond acceptors (Lipinski definition) is 3. The molecule has 0 aliphatic carbocycles. The lowest BCUT2D eigenvalue weighted by molar-refractivity contribution is 0.143. The molecule has 1 N–H and O–H groups in total. The molecule has 0 radical (unpaired) electrons. The van der Waals surface area contributed by atoms with Crippen LogP contribution in [0.25, 0.3) is 0 Å². The minimum Gasteiger partial charge on any atom is -0.382 e. The fourth-order valence-electron chi connectivity index (χ4n) is 1.50. The first kappa shape index (κ1) is 13.2. The van der Waals surface area contributed by atoms with Crippen molar-refractivity contribution in [1.82, 2.24) is 15.1 Å². The van der Waals surface area contributed by atoms with Crippen molar-refractivity contribution in [1.29, 1.82) is 0 Å². The standard InChI is InChI=1S/C12H23N3O/c1-3-15-11-12(10-14-15)9-13-7-5-6-8-16-4-2/h10-11,13H,3-9H2,1-2H3. The van der Waals surface area contributed by atoms with Crippen molar-refractivity contribution in [3.63, 3.8) is 0 Å². The molecule has 0 aliphatic rings. The topological polar surface area (TPSA) is 39.1 Å². The minimum atomic E-state index is 0.823. The van der Waals surface area contributed by atoms with Gasteiger partial charge in [0, 0.05) is 38.1 Å². The third-order valence-corrected chi connectivity index (χ3v) is 2.44. The summed E-state index contributed by atoms with van der Waals surface area (Å²) >= 11 is 0. The lowest BCUT2D eigenvalue weighted by Crippen LogP contribution is -2.14. The summed E-state index contributed by atoms with van der Waals surface area (Å²) in [6.07, 6.45) is 6.32. The van der Waals surface area contributed by atoms with Gasteiger partial charge in [-0.3, -0.25) is 4.68 Å². The Morgan fingerprint density at radius 2 is 2.25 bits per heavy atom. The molecule has 0 saturated heterocycles. The van der Waals surface area contributed by atoms with Crippen LogP contribution in [0.2, 0.25) is 0 Å². The predicted molar refractivity (Wildman–Crippen MR) is 65.3 cm³/mol. The van der Waals surface area contributed by atoms with E-state index in [9.17, 15) is 0 Å².